The molecule has 0 aliphatic rings. The molecule has 4 rings (SSSR count). The van der Waals surface area contributed by atoms with E-state index in [1.54, 1.807) is 12.3 Å². The second-order valence-corrected chi connectivity index (χ2v) is 17.9. The molecular weight excluding hydrogens is 666 g/mol. The van der Waals surface area contributed by atoms with Crippen LogP contribution in [0.4, 0.5) is 0 Å². The number of rotatable bonds is 10. The van der Waals surface area contributed by atoms with Gasteiger partial charge in [-0.15, -0.1) is 11.8 Å². The SMILES string of the molecule is CC(C)(C)CCc1ccc(CN)cn1.CCc1ccc(CCC(C)(C)C)nc1.CCc1ccc(Cl)nc1.CCc1ccc(SCC(C)(C)C)nc1. The first-order valence-corrected chi connectivity index (χ1v) is 20.0. The van der Waals surface area contributed by atoms with Gasteiger partial charge in [0.2, 0.25) is 0 Å². The van der Waals surface area contributed by atoms with Gasteiger partial charge in [-0.1, -0.05) is 119 Å². The molecule has 4 heterocycles. The first kappa shape index (κ1) is 46.2. The Kier molecular flexibility index (Phi) is 21.5. The number of pyridine rings is 4. The minimum absolute atomic E-state index is 0.371. The molecule has 0 aromatic carbocycles. The van der Waals surface area contributed by atoms with Gasteiger partial charge >= 0.3 is 0 Å². The molecule has 0 amide bonds. The van der Waals surface area contributed by atoms with Gasteiger partial charge in [0.25, 0.3) is 0 Å². The van der Waals surface area contributed by atoms with Gasteiger partial charge in [-0.3, -0.25) is 9.97 Å². The summed E-state index contributed by atoms with van der Waals surface area (Å²) in [7, 11) is 0. The van der Waals surface area contributed by atoms with Gasteiger partial charge in [0, 0.05) is 48.5 Å². The Bertz CT molecular complexity index is 1300. The van der Waals surface area contributed by atoms with Crippen molar-refractivity contribution in [3.05, 3.63) is 112 Å². The molecule has 282 valence electrons. The van der Waals surface area contributed by atoms with Crippen LogP contribution in [-0.4, -0.2) is 25.7 Å². The van der Waals surface area contributed by atoms with E-state index in [0.717, 1.165) is 54.1 Å². The second kappa shape index (κ2) is 23.7. The Balaban J connectivity index is 0.000000344. The smallest absolute Gasteiger partial charge is 0.129 e. The lowest BCUT2D eigenvalue weighted by Gasteiger charge is -2.17. The summed E-state index contributed by atoms with van der Waals surface area (Å²) in [5.74, 6) is 1.12. The standard InChI is InChI=1S/C13H21N.C12H20N2.C12H19NS.C7H8ClN/c1-5-11-6-7-12(14-10-11)8-9-13(2,3)4;1-12(2,3)7-6-11-5-4-10(8-13)9-14-11;1-5-10-6-7-11(13-8-10)14-9-12(2,3)4;1-2-6-3-4-7(8)9-5-6/h6-7,10H,5,8-9H2,1-4H3;4-5,9H,6-8,13H2,1-3H3;6-8H,5,9H2,1-4H3;3-5H,2H2,1H3. The molecule has 5 nitrogen and oxygen atoms in total. The van der Waals surface area contributed by atoms with Crippen LogP contribution in [0.2, 0.25) is 5.15 Å². The van der Waals surface area contributed by atoms with Crippen LogP contribution >= 0.6 is 23.4 Å². The number of nitrogens with two attached hydrogens (primary N) is 1. The molecule has 4 aromatic rings. The van der Waals surface area contributed by atoms with Gasteiger partial charge < -0.3 is 5.73 Å². The third-order valence-corrected chi connectivity index (χ3v) is 9.51. The van der Waals surface area contributed by atoms with E-state index in [4.69, 9.17) is 17.3 Å². The molecule has 2 N–H and O–H groups in total. The number of hydrogen-bond donors (Lipinski definition) is 1. The maximum Gasteiger partial charge on any atom is 0.129 e. The third-order valence-electron chi connectivity index (χ3n) is 7.73. The molecule has 0 saturated carbocycles. The average molecular weight is 735 g/mol. The average Bonchev–Trinajstić information content (AvgIpc) is 3.10. The Morgan fingerprint density at radius 3 is 1.25 bits per heavy atom. The zero-order valence-corrected chi connectivity index (χ0v) is 35.5. The first-order chi connectivity index (χ1) is 23.9. The summed E-state index contributed by atoms with van der Waals surface area (Å²) in [5, 5.41) is 1.70. The molecular formula is C44H68ClN5S. The molecule has 0 spiro atoms. The van der Waals surface area contributed by atoms with Crippen molar-refractivity contribution in [2.75, 3.05) is 5.75 Å². The second-order valence-electron chi connectivity index (χ2n) is 16.5. The van der Waals surface area contributed by atoms with Gasteiger partial charge in [0.15, 0.2) is 0 Å². The highest BCUT2D eigenvalue weighted by Gasteiger charge is 2.12. The van der Waals surface area contributed by atoms with Crippen LogP contribution in [-0.2, 0) is 38.6 Å². The maximum absolute atomic E-state index is 5.56. The molecule has 0 aliphatic heterocycles. The largest absolute Gasteiger partial charge is 0.326 e. The summed E-state index contributed by atoms with van der Waals surface area (Å²) >= 11 is 7.39. The minimum Gasteiger partial charge on any atom is -0.326 e. The van der Waals surface area contributed by atoms with E-state index >= 15 is 0 Å². The lowest BCUT2D eigenvalue weighted by atomic mass is 9.90. The molecule has 0 unspecified atom stereocenters. The lowest BCUT2D eigenvalue weighted by molar-refractivity contribution is 0.376. The van der Waals surface area contributed by atoms with E-state index in [1.807, 2.05) is 36.4 Å². The highest BCUT2D eigenvalue weighted by atomic mass is 35.5. The number of hydrogen-bond acceptors (Lipinski definition) is 6. The molecule has 0 atom stereocenters. The highest BCUT2D eigenvalue weighted by Crippen LogP contribution is 2.26. The van der Waals surface area contributed by atoms with E-state index in [2.05, 4.69) is 139 Å². The van der Waals surface area contributed by atoms with E-state index in [9.17, 15) is 0 Å². The molecule has 0 fully saturated rings. The van der Waals surface area contributed by atoms with Crippen LogP contribution in [0.25, 0.3) is 0 Å². The summed E-state index contributed by atoms with van der Waals surface area (Å²) < 4.78 is 0. The fraction of sp³-hybridized carbons (Fsp3) is 0.545. The van der Waals surface area contributed by atoms with Gasteiger partial charge in [-0.05, 0) is 108 Å². The lowest BCUT2D eigenvalue weighted by Crippen LogP contribution is -2.08. The van der Waals surface area contributed by atoms with Crippen molar-refractivity contribution in [3.8, 4) is 0 Å². The Morgan fingerprint density at radius 2 is 0.941 bits per heavy atom. The highest BCUT2D eigenvalue weighted by molar-refractivity contribution is 7.99. The number of aromatic nitrogens is 4. The molecule has 4 aromatic heterocycles. The molecule has 0 bridgehead atoms. The van der Waals surface area contributed by atoms with Crippen LogP contribution < -0.4 is 5.73 Å². The molecule has 0 saturated heterocycles. The molecule has 0 radical (unpaired) electrons. The number of halogens is 1. The van der Waals surface area contributed by atoms with Crippen molar-refractivity contribution in [3.63, 3.8) is 0 Å². The van der Waals surface area contributed by atoms with E-state index in [0.29, 0.717) is 27.9 Å². The van der Waals surface area contributed by atoms with Crippen LogP contribution in [0.3, 0.4) is 0 Å². The maximum atomic E-state index is 5.56. The van der Waals surface area contributed by atoms with Gasteiger partial charge in [-0.25, -0.2) is 9.97 Å². The topological polar surface area (TPSA) is 77.6 Å². The monoisotopic (exact) mass is 733 g/mol. The number of nitrogens with zero attached hydrogens (tertiary/aromatic N) is 4. The van der Waals surface area contributed by atoms with E-state index in [-0.39, 0.29) is 0 Å². The Morgan fingerprint density at radius 1 is 0.529 bits per heavy atom. The molecule has 0 aliphatic carbocycles. The van der Waals surface area contributed by atoms with Crippen LogP contribution in [0.1, 0.15) is 130 Å². The van der Waals surface area contributed by atoms with Crippen LogP contribution in [0, 0.1) is 16.2 Å². The van der Waals surface area contributed by atoms with Gasteiger partial charge in [0.1, 0.15) is 5.15 Å². The van der Waals surface area contributed by atoms with Crippen molar-refractivity contribution in [2.24, 2.45) is 22.0 Å². The zero-order chi connectivity index (χ0) is 38.5. The van der Waals surface area contributed by atoms with Gasteiger partial charge in [0.05, 0.1) is 5.03 Å². The number of aryl methyl sites for hydroxylation is 5. The van der Waals surface area contributed by atoms with Crippen molar-refractivity contribution in [2.45, 2.75) is 140 Å². The summed E-state index contributed by atoms with van der Waals surface area (Å²) in [6, 6.07) is 16.6. The molecule has 51 heavy (non-hydrogen) atoms. The summed E-state index contributed by atoms with van der Waals surface area (Å²) in [4.78, 5) is 17.2. The van der Waals surface area contributed by atoms with Crippen molar-refractivity contribution >= 4 is 23.4 Å². The summed E-state index contributed by atoms with van der Waals surface area (Å²) in [6.07, 6.45) is 15.3. The first-order valence-electron chi connectivity index (χ1n) is 18.6. The Labute approximate surface area is 321 Å². The molecule has 7 heteroatoms. The summed E-state index contributed by atoms with van der Waals surface area (Å²) in [6.45, 7) is 27.3. The zero-order valence-electron chi connectivity index (χ0n) is 33.9. The van der Waals surface area contributed by atoms with Crippen molar-refractivity contribution in [1.82, 2.24) is 19.9 Å². The quantitative estimate of drug-likeness (QED) is 0.129. The third kappa shape index (κ3) is 24.1. The van der Waals surface area contributed by atoms with Crippen molar-refractivity contribution in [1.29, 1.82) is 0 Å². The summed E-state index contributed by atoms with van der Waals surface area (Å²) in [5.41, 5.74) is 14.0. The Hall–Kier alpha value is -2.80. The van der Waals surface area contributed by atoms with E-state index in [1.165, 1.54) is 35.2 Å². The minimum atomic E-state index is 0.371. The predicted octanol–water partition coefficient (Wildman–Crippen LogP) is 12.2. The van der Waals surface area contributed by atoms with Gasteiger partial charge in [-0.2, -0.15) is 0 Å². The number of thioether (sulfide) groups is 1. The van der Waals surface area contributed by atoms with E-state index < -0.39 is 0 Å². The van der Waals surface area contributed by atoms with Crippen molar-refractivity contribution < 1.29 is 0 Å². The fourth-order valence-electron chi connectivity index (χ4n) is 4.15. The fourth-order valence-corrected chi connectivity index (χ4v) is 5.14. The normalized spacial score (nSPS) is 11.3. The predicted molar refractivity (Wildman–Crippen MR) is 224 cm³/mol. The van der Waals surface area contributed by atoms with Crippen LogP contribution in [0.5, 0.6) is 0 Å². The van der Waals surface area contributed by atoms with Crippen LogP contribution in [0.15, 0.2) is 78.3 Å².